The van der Waals surface area contributed by atoms with Crippen molar-refractivity contribution in [2.24, 2.45) is 0 Å². The van der Waals surface area contributed by atoms with E-state index in [-0.39, 0.29) is 0 Å². The van der Waals surface area contributed by atoms with Gasteiger partial charge in [0.15, 0.2) is 0 Å². The molecular weight excluding hydrogens is 436 g/mol. The van der Waals surface area contributed by atoms with E-state index < -0.39 is 0 Å². The normalized spacial score (nSPS) is 11.3. The fraction of sp³-hybridized carbons (Fsp3) is 0. The molecule has 0 aliphatic rings. The highest BCUT2D eigenvalue weighted by Crippen LogP contribution is 2.42. The Morgan fingerprint density at radius 1 is 0.389 bits per heavy atom. The van der Waals surface area contributed by atoms with E-state index in [4.69, 9.17) is 9.97 Å². The molecule has 0 unspecified atom stereocenters. The maximum absolute atomic E-state index is 5.02. The predicted molar refractivity (Wildman–Crippen MR) is 151 cm³/mol. The Morgan fingerprint density at radius 2 is 1.03 bits per heavy atom. The lowest BCUT2D eigenvalue weighted by Gasteiger charge is -2.17. The zero-order valence-corrected chi connectivity index (χ0v) is 19.6. The van der Waals surface area contributed by atoms with Gasteiger partial charge in [-0.2, -0.15) is 0 Å². The van der Waals surface area contributed by atoms with Crippen LogP contribution in [0.25, 0.3) is 66.0 Å². The molecule has 7 aromatic rings. The summed E-state index contributed by atoms with van der Waals surface area (Å²) in [6.45, 7) is 0. The summed E-state index contributed by atoms with van der Waals surface area (Å²) in [6, 6.07) is 42.7. The van der Waals surface area contributed by atoms with Crippen molar-refractivity contribution >= 4 is 32.6 Å². The average molecular weight is 459 g/mol. The molecule has 0 aliphatic heterocycles. The van der Waals surface area contributed by atoms with Crippen molar-refractivity contribution in [3.63, 3.8) is 0 Å². The smallest absolute Gasteiger partial charge is 0.0971 e. The number of rotatable bonds is 3. The highest BCUT2D eigenvalue weighted by atomic mass is 14.7. The van der Waals surface area contributed by atoms with Crippen LogP contribution in [0.15, 0.2) is 134 Å². The minimum Gasteiger partial charge on any atom is -0.254 e. The van der Waals surface area contributed by atoms with Crippen LogP contribution in [-0.4, -0.2) is 9.97 Å². The zero-order valence-electron chi connectivity index (χ0n) is 19.6. The number of hydrogen-bond donors (Lipinski definition) is 0. The van der Waals surface area contributed by atoms with Crippen LogP contribution in [0.5, 0.6) is 0 Å². The number of pyridine rings is 2. The topological polar surface area (TPSA) is 25.8 Å². The molecule has 0 spiro atoms. The predicted octanol–water partition coefficient (Wildman–Crippen LogP) is 8.94. The first-order chi connectivity index (χ1) is 17.9. The summed E-state index contributed by atoms with van der Waals surface area (Å²) in [7, 11) is 0. The van der Waals surface area contributed by atoms with E-state index in [0.29, 0.717) is 0 Å². The number of nitrogens with zero attached hydrogens (tertiary/aromatic N) is 2. The second kappa shape index (κ2) is 8.44. The quantitative estimate of drug-likeness (QED) is 0.247. The van der Waals surface area contributed by atoms with Crippen LogP contribution in [0.4, 0.5) is 0 Å². The fourth-order valence-electron chi connectivity index (χ4n) is 5.31. The average Bonchev–Trinajstić information content (AvgIpc) is 2.96. The third kappa shape index (κ3) is 3.27. The maximum atomic E-state index is 5.02. The lowest BCUT2D eigenvalue weighted by atomic mass is 9.89. The highest BCUT2D eigenvalue weighted by Gasteiger charge is 2.18. The summed E-state index contributed by atoms with van der Waals surface area (Å²) in [6.07, 6.45) is 3.92. The summed E-state index contributed by atoms with van der Waals surface area (Å²) in [5, 5.41) is 4.68. The molecule has 0 N–H and O–H groups in total. The van der Waals surface area contributed by atoms with Crippen molar-refractivity contribution in [2.45, 2.75) is 0 Å². The van der Waals surface area contributed by atoms with E-state index in [0.717, 1.165) is 32.9 Å². The molecule has 0 aliphatic carbocycles. The lowest BCUT2D eigenvalue weighted by molar-refractivity contribution is 1.37. The molecular formula is C34H22N2. The summed E-state index contributed by atoms with van der Waals surface area (Å²) >= 11 is 0. The third-order valence-electron chi connectivity index (χ3n) is 6.98. The van der Waals surface area contributed by atoms with Crippen molar-refractivity contribution in [3.8, 4) is 33.4 Å². The SMILES string of the molecule is c1ccc(-c2cnc3c(ccc4c(-c5ccccc5)ccnc43)c2-c2cccc3ccccc23)cc1. The van der Waals surface area contributed by atoms with Gasteiger partial charge >= 0.3 is 0 Å². The Morgan fingerprint density at radius 3 is 1.83 bits per heavy atom. The Kier molecular flexibility index (Phi) is 4.82. The summed E-state index contributed by atoms with van der Waals surface area (Å²) in [5.41, 5.74) is 8.87. The second-order valence-corrected chi connectivity index (χ2v) is 9.02. The summed E-state index contributed by atoms with van der Waals surface area (Å²) < 4.78 is 0. The van der Waals surface area contributed by atoms with Gasteiger partial charge in [-0.15, -0.1) is 0 Å². The van der Waals surface area contributed by atoms with Gasteiger partial charge in [0.05, 0.1) is 11.0 Å². The van der Waals surface area contributed by atoms with E-state index >= 15 is 0 Å². The standard InChI is InChI=1S/C34H22N2/c1-3-10-23(11-4-1)27-20-21-35-33-29(27)18-19-30-32(28-17-9-15-24-14-7-8-16-26(24)28)31(22-36-34(30)33)25-12-5-2-6-13-25/h1-22H. The van der Waals surface area contributed by atoms with Gasteiger partial charge in [0.1, 0.15) is 0 Å². The van der Waals surface area contributed by atoms with Gasteiger partial charge in [-0.3, -0.25) is 9.97 Å². The van der Waals surface area contributed by atoms with Crippen LogP contribution < -0.4 is 0 Å². The Balaban J connectivity index is 1.60. The Labute approximate surface area is 209 Å². The number of benzene rings is 5. The Hall–Kier alpha value is -4.82. The van der Waals surface area contributed by atoms with E-state index in [1.807, 2.05) is 18.5 Å². The van der Waals surface area contributed by atoms with E-state index in [9.17, 15) is 0 Å². The second-order valence-electron chi connectivity index (χ2n) is 9.02. The van der Waals surface area contributed by atoms with Crippen molar-refractivity contribution in [3.05, 3.63) is 134 Å². The molecule has 168 valence electrons. The molecule has 36 heavy (non-hydrogen) atoms. The van der Waals surface area contributed by atoms with Crippen molar-refractivity contribution in [1.29, 1.82) is 0 Å². The molecule has 0 atom stereocenters. The van der Waals surface area contributed by atoms with Crippen molar-refractivity contribution in [1.82, 2.24) is 9.97 Å². The molecule has 0 radical (unpaired) electrons. The molecule has 2 heterocycles. The van der Waals surface area contributed by atoms with Gasteiger partial charge in [-0.25, -0.2) is 0 Å². The first-order valence-electron chi connectivity index (χ1n) is 12.2. The number of aromatic nitrogens is 2. The van der Waals surface area contributed by atoms with E-state index in [2.05, 4.69) is 115 Å². The van der Waals surface area contributed by atoms with E-state index in [1.54, 1.807) is 0 Å². The molecule has 2 heteroatoms. The van der Waals surface area contributed by atoms with Gasteiger partial charge in [0.25, 0.3) is 0 Å². The summed E-state index contributed by atoms with van der Waals surface area (Å²) in [4.78, 5) is 9.86. The van der Waals surface area contributed by atoms with Gasteiger partial charge < -0.3 is 0 Å². The molecule has 2 nitrogen and oxygen atoms in total. The largest absolute Gasteiger partial charge is 0.254 e. The maximum Gasteiger partial charge on any atom is 0.0971 e. The fourth-order valence-corrected chi connectivity index (χ4v) is 5.31. The minimum atomic E-state index is 0.924. The number of fused-ring (bicyclic) bond motifs is 4. The van der Waals surface area contributed by atoms with Crippen molar-refractivity contribution < 1.29 is 0 Å². The van der Waals surface area contributed by atoms with Gasteiger partial charge in [-0.1, -0.05) is 115 Å². The van der Waals surface area contributed by atoms with Crippen LogP contribution in [0.1, 0.15) is 0 Å². The van der Waals surface area contributed by atoms with Crippen LogP contribution in [-0.2, 0) is 0 Å². The first kappa shape index (κ1) is 20.5. The summed E-state index contributed by atoms with van der Waals surface area (Å²) in [5.74, 6) is 0. The minimum absolute atomic E-state index is 0.924. The van der Waals surface area contributed by atoms with Crippen LogP contribution in [0.2, 0.25) is 0 Å². The van der Waals surface area contributed by atoms with E-state index in [1.165, 1.54) is 33.0 Å². The van der Waals surface area contributed by atoms with Gasteiger partial charge in [0, 0.05) is 34.3 Å². The van der Waals surface area contributed by atoms with Crippen molar-refractivity contribution in [2.75, 3.05) is 0 Å². The molecule has 5 aromatic carbocycles. The van der Waals surface area contributed by atoms with Gasteiger partial charge in [-0.05, 0) is 39.1 Å². The zero-order chi connectivity index (χ0) is 23.9. The van der Waals surface area contributed by atoms with Gasteiger partial charge in [0.2, 0.25) is 0 Å². The van der Waals surface area contributed by atoms with Crippen LogP contribution >= 0.6 is 0 Å². The molecule has 0 amide bonds. The Bertz CT molecular complexity index is 1870. The molecule has 7 rings (SSSR count). The number of hydrogen-bond acceptors (Lipinski definition) is 2. The molecule has 0 saturated carbocycles. The molecule has 0 saturated heterocycles. The molecule has 2 aromatic heterocycles. The highest BCUT2D eigenvalue weighted by molar-refractivity contribution is 6.16. The molecule has 0 bridgehead atoms. The van der Waals surface area contributed by atoms with Crippen LogP contribution in [0.3, 0.4) is 0 Å². The third-order valence-corrected chi connectivity index (χ3v) is 6.98. The lowest BCUT2D eigenvalue weighted by Crippen LogP contribution is -1.94. The van der Waals surface area contributed by atoms with Crippen LogP contribution in [0, 0.1) is 0 Å². The molecule has 0 fully saturated rings. The first-order valence-corrected chi connectivity index (χ1v) is 12.2. The monoisotopic (exact) mass is 458 g/mol.